The summed E-state index contributed by atoms with van der Waals surface area (Å²) in [6.07, 6.45) is 46.5. The van der Waals surface area contributed by atoms with E-state index in [0.29, 0.717) is 19.3 Å². The number of unbranched alkanes of at least 4 members (excludes halogenated alkanes) is 28. The van der Waals surface area contributed by atoms with Crippen molar-refractivity contribution in [2.45, 2.75) is 302 Å². The lowest BCUT2D eigenvalue weighted by atomic mass is 9.98. The highest BCUT2D eigenvalue weighted by molar-refractivity contribution is 5.74. The molecule has 0 saturated carbocycles. The number of carboxylic acid groups (broad SMARTS) is 1. The van der Waals surface area contributed by atoms with Gasteiger partial charge in [0, 0.05) is 19.3 Å². The Bertz CT molecular complexity index is 1460. The third kappa shape index (κ3) is 39.7. The summed E-state index contributed by atoms with van der Waals surface area (Å²) >= 11 is 0. The van der Waals surface area contributed by atoms with Crippen LogP contribution in [0.5, 0.6) is 0 Å². The van der Waals surface area contributed by atoms with Gasteiger partial charge >= 0.3 is 23.9 Å². The lowest BCUT2D eigenvalue weighted by Crippen LogP contribution is -2.61. The molecule has 1 rings (SSSR count). The number of esters is 3. The summed E-state index contributed by atoms with van der Waals surface area (Å²) in [7, 11) is 0. The van der Waals surface area contributed by atoms with Gasteiger partial charge in [-0.2, -0.15) is 0 Å². The zero-order valence-corrected chi connectivity index (χ0v) is 46.4. The van der Waals surface area contributed by atoms with Crippen molar-refractivity contribution in [1.82, 2.24) is 0 Å². The van der Waals surface area contributed by atoms with E-state index in [1.807, 2.05) is 0 Å². The normalized spacial score (nSPS) is 18.6. The molecule has 73 heavy (non-hydrogen) atoms. The maximum atomic E-state index is 13.1. The molecule has 0 aromatic carbocycles. The van der Waals surface area contributed by atoms with Crippen molar-refractivity contribution >= 4 is 23.9 Å². The molecular formula is C61H106O12. The Labute approximate surface area is 443 Å². The minimum Gasteiger partial charge on any atom is -0.479 e. The summed E-state index contributed by atoms with van der Waals surface area (Å²) in [4.78, 5) is 51.1. The van der Waals surface area contributed by atoms with Crippen molar-refractivity contribution in [2.24, 2.45) is 0 Å². The number of aliphatic hydroxyl groups is 2. The van der Waals surface area contributed by atoms with Crippen LogP contribution in [0.25, 0.3) is 0 Å². The van der Waals surface area contributed by atoms with E-state index in [-0.39, 0.29) is 25.9 Å². The molecule has 1 saturated heterocycles. The van der Waals surface area contributed by atoms with Gasteiger partial charge in [-0.05, 0) is 96.3 Å². The van der Waals surface area contributed by atoms with E-state index in [4.69, 9.17) is 23.7 Å². The quantitative estimate of drug-likeness (QED) is 0.0228. The zero-order chi connectivity index (χ0) is 53.3. The maximum Gasteiger partial charge on any atom is 0.335 e. The summed E-state index contributed by atoms with van der Waals surface area (Å²) in [5.41, 5.74) is 0. The number of carbonyl (C=O) groups is 4. The minimum absolute atomic E-state index is 0.0433. The molecule has 1 aliphatic heterocycles. The van der Waals surface area contributed by atoms with E-state index in [9.17, 15) is 34.5 Å². The molecule has 0 spiro atoms. The molecule has 12 nitrogen and oxygen atoms in total. The SMILES string of the molecule is CCC/C=C\C/C=C\CCCCCCCC(=O)OC1C(OCC(COC(=O)CCCCCCC/C=C\CCCCCCCC)OC(=O)CCCCCCC/C=C\CCCCCCCC)OC(C(=O)O)C(O)C1O. The highest BCUT2D eigenvalue weighted by atomic mass is 16.7. The molecule has 6 unspecified atom stereocenters. The van der Waals surface area contributed by atoms with Crippen molar-refractivity contribution in [2.75, 3.05) is 13.2 Å². The van der Waals surface area contributed by atoms with Crippen LogP contribution in [0.4, 0.5) is 0 Å². The Morgan fingerprint density at radius 3 is 1.30 bits per heavy atom. The maximum absolute atomic E-state index is 13.1. The summed E-state index contributed by atoms with van der Waals surface area (Å²) in [6, 6.07) is 0. The third-order valence-corrected chi connectivity index (χ3v) is 13.3. The first-order valence-corrected chi connectivity index (χ1v) is 29.6. The average molecular weight is 1030 g/mol. The smallest absolute Gasteiger partial charge is 0.335 e. The molecule has 0 aliphatic carbocycles. The van der Waals surface area contributed by atoms with E-state index in [1.54, 1.807) is 0 Å². The monoisotopic (exact) mass is 1030 g/mol. The van der Waals surface area contributed by atoms with Crippen molar-refractivity contribution in [3.05, 3.63) is 48.6 Å². The number of ether oxygens (including phenoxy) is 5. The van der Waals surface area contributed by atoms with Crippen molar-refractivity contribution in [1.29, 1.82) is 0 Å². The first-order valence-electron chi connectivity index (χ1n) is 29.6. The van der Waals surface area contributed by atoms with Crippen LogP contribution in [0.2, 0.25) is 0 Å². The first-order chi connectivity index (χ1) is 35.6. The Kier molecular flexibility index (Phi) is 45.9. The number of carbonyl (C=O) groups excluding carboxylic acids is 3. The van der Waals surface area contributed by atoms with Crippen LogP contribution in [0, 0.1) is 0 Å². The van der Waals surface area contributed by atoms with Crippen LogP contribution in [-0.4, -0.2) is 89.2 Å². The number of hydrogen-bond acceptors (Lipinski definition) is 11. The molecule has 0 aromatic rings. The van der Waals surface area contributed by atoms with Gasteiger partial charge in [-0.3, -0.25) is 14.4 Å². The fourth-order valence-corrected chi connectivity index (χ4v) is 8.75. The molecule has 0 amide bonds. The van der Waals surface area contributed by atoms with Gasteiger partial charge in [0.1, 0.15) is 18.8 Å². The van der Waals surface area contributed by atoms with E-state index < -0.39 is 67.3 Å². The van der Waals surface area contributed by atoms with Crippen LogP contribution < -0.4 is 0 Å². The topological polar surface area (TPSA) is 175 Å². The molecule has 1 heterocycles. The van der Waals surface area contributed by atoms with E-state index in [1.165, 1.54) is 77.0 Å². The van der Waals surface area contributed by atoms with Crippen LogP contribution >= 0.6 is 0 Å². The van der Waals surface area contributed by atoms with Crippen molar-refractivity contribution < 1.29 is 58.2 Å². The van der Waals surface area contributed by atoms with Crippen LogP contribution in [0.3, 0.4) is 0 Å². The van der Waals surface area contributed by atoms with Gasteiger partial charge in [0.2, 0.25) is 0 Å². The third-order valence-electron chi connectivity index (χ3n) is 13.3. The van der Waals surface area contributed by atoms with Crippen molar-refractivity contribution in [3.63, 3.8) is 0 Å². The summed E-state index contributed by atoms with van der Waals surface area (Å²) in [5, 5.41) is 31.4. The Morgan fingerprint density at radius 1 is 0.452 bits per heavy atom. The molecule has 12 heteroatoms. The van der Waals surface area contributed by atoms with Gasteiger partial charge in [-0.25, -0.2) is 4.79 Å². The Hall–Kier alpha value is -3.32. The molecule has 3 N–H and O–H groups in total. The number of allylic oxidation sites excluding steroid dienone is 8. The number of aliphatic carboxylic acids is 1. The van der Waals surface area contributed by atoms with Crippen molar-refractivity contribution in [3.8, 4) is 0 Å². The summed E-state index contributed by atoms with van der Waals surface area (Å²) in [5.74, 6) is -3.15. The molecule has 6 atom stereocenters. The minimum atomic E-state index is -1.91. The predicted molar refractivity (Wildman–Crippen MR) is 294 cm³/mol. The highest BCUT2D eigenvalue weighted by Gasteiger charge is 2.50. The Balaban J connectivity index is 2.71. The van der Waals surface area contributed by atoms with Gasteiger partial charge in [0.25, 0.3) is 0 Å². The molecule has 1 fully saturated rings. The number of hydrogen-bond donors (Lipinski definition) is 3. The van der Waals surface area contributed by atoms with Gasteiger partial charge in [0.05, 0.1) is 6.61 Å². The van der Waals surface area contributed by atoms with Crippen LogP contribution in [0.1, 0.15) is 265 Å². The van der Waals surface area contributed by atoms with Gasteiger partial charge < -0.3 is 39.0 Å². The number of aliphatic hydroxyl groups excluding tert-OH is 2. The van der Waals surface area contributed by atoms with Gasteiger partial charge in [0.15, 0.2) is 24.6 Å². The van der Waals surface area contributed by atoms with Crippen LogP contribution in [-0.2, 0) is 42.9 Å². The lowest BCUT2D eigenvalue weighted by molar-refractivity contribution is -0.301. The predicted octanol–water partition coefficient (Wildman–Crippen LogP) is 15.0. The fourth-order valence-electron chi connectivity index (χ4n) is 8.75. The molecule has 0 bridgehead atoms. The molecule has 0 radical (unpaired) electrons. The highest BCUT2D eigenvalue weighted by Crippen LogP contribution is 2.26. The standard InChI is InChI=1S/C61H106O12/c1-4-7-10-13-16-19-22-25-27-30-32-35-38-41-44-47-53(62)69-50-52(71-54(63)48-45-42-39-36-34-31-28-26-23-20-17-14-11-8-5-2)51-70-61-59(57(66)56(65)58(73-61)60(67)68)72-55(64)49-46-43-40-37-33-29-24-21-18-15-12-9-6-3/h12,15,21,24-28,52,56-59,61,65-66H,4-11,13-14,16-20,22-23,29-51H2,1-3H3,(H,67,68)/b15-12-,24-21-,27-25-,28-26-. The molecular weight excluding hydrogens is 925 g/mol. The van der Waals surface area contributed by atoms with Gasteiger partial charge in [-0.15, -0.1) is 0 Å². The van der Waals surface area contributed by atoms with Gasteiger partial charge in [-0.1, -0.05) is 198 Å². The number of rotatable bonds is 50. The lowest BCUT2D eigenvalue weighted by Gasteiger charge is -2.40. The fraction of sp³-hybridized carbons (Fsp3) is 0.803. The second kappa shape index (κ2) is 49.6. The molecule has 422 valence electrons. The first kappa shape index (κ1) is 67.7. The van der Waals surface area contributed by atoms with Crippen LogP contribution in [0.15, 0.2) is 48.6 Å². The molecule has 1 aliphatic rings. The Morgan fingerprint density at radius 2 is 0.849 bits per heavy atom. The summed E-state index contributed by atoms with van der Waals surface area (Å²) < 4.78 is 28.4. The van der Waals surface area contributed by atoms with E-state index in [2.05, 4.69) is 69.4 Å². The van der Waals surface area contributed by atoms with E-state index in [0.717, 1.165) is 128 Å². The number of carboxylic acids is 1. The zero-order valence-electron chi connectivity index (χ0n) is 46.4. The second-order valence-electron chi connectivity index (χ2n) is 20.3. The second-order valence-corrected chi connectivity index (χ2v) is 20.3. The largest absolute Gasteiger partial charge is 0.479 e. The molecule has 0 aromatic heterocycles. The average Bonchev–Trinajstić information content (AvgIpc) is 3.37. The summed E-state index contributed by atoms with van der Waals surface area (Å²) in [6.45, 7) is 5.90. The van der Waals surface area contributed by atoms with E-state index >= 15 is 0 Å².